The van der Waals surface area contributed by atoms with E-state index in [1.54, 1.807) is 0 Å². The molecular formula is C21H42O3Si2. The maximum Gasteiger partial charge on any atom is 0.192 e. The summed E-state index contributed by atoms with van der Waals surface area (Å²) in [6, 6.07) is 0. The van der Waals surface area contributed by atoms with E-state index in [0.717, 1.165) is 18.4 Å². The van der Waals surface area contributed by atoms with Crippen molar-refractivity contribution < 1.29 is 14.0 Å². The molecule has 0 saturated heterocycles. The summed E-state index contributed by atoms with van der Waals surface area (Å²) in [6.07, 6.45) is 3.54. The van der Waals surface area contributed by atoms with Crippen molar-refractivity contribution >= 4 is 16.6 Å². The zero-order valence-corrected chi connectivity index (χ0v) is 20.8. The molecule has 0 amide bonds. The standard InChI is InChI=1S/C21H42O3Si2/c1-16-18(23-25(8,9)20(2,3)4)14-17(12-13-22)15-19(16)24-26(10,11)21(5,6)7/h12,18-19,22H,1,13-15H2,2-11H3/t18-,19-/m1/s1. The van der Waals surface area contributed by atoms with Crippen LogP contribution in [0.5, 0.6) is 0 Å². The summed E-state index contributed by atoms with van der Waals surface area (Å²) >= 11 is 0. The maximum absolute atomic E-state index is 9.42. The van der Waals surface area contributed by atoms with Gasteiger partial charge in [-0.3, -0.25) is 0 Å². The Morgan fingerprint density at radius 3 is 1.54 bits per heavy atom. The van der Waals surface area contributed by atoms with Crippen LogP contribution in [0.3, 0.4) is 0 Å². The first kappa shape index (κ1) is 23.8. The number of aliphatic hydroxyl groups is 1. The summed E-state index contributed by atoms with van der Waals surface area (Å²) in [5.74, 6) is 0. The molecule has 0 aromatic carbocycles. The van der Waals surface area contributed by atoms with Crippen LogP contribution in [0, 0.1) is 0 Å². The van der Waals surface area contributed by atoms with Crippen molar-refractivity contribution in [2.24, 2.45) is 0 Å². The van der Waals surface area contributed by atoms with Crippen LogP contribution >= 0.6 is 0 Å². The molecule has 0 aromatic rings. The van der Waals surface area contributed by atoms with Gasteiger partial charge in [0.05, 0.1) is 18.8 Å². The third-order valence-electron chi connectivity index (χ3n) is 6.59. The SMILES string of the molecule is C=C1[C@H](O[Si](C)(C)C(C)(C)C)CC(=CCO)C[C@H]1O[Si](C)(C)C(C)(C)C. The molecular weight excluding hydrogens is 356 g/mol. The minimum atomic E-state index is -1.91. The normalized spacial score (nSPS) is 23.3. The van der Waals surface area contributed by atoms with Crippen molar-refractivity contribution in [3.63, 3.8) is 0 Å². The van der Waals surface area contributed by atoms with E-state index in [2.05, 4.69) is 74.3 Å². The Morgan fingerprint density at radius 2 is 1.27 bits per heavy atom. The van der Waals surface area contributed by atoms with E-state index in [9.17, 15) is 5.11 Å². The summed E-state index contributed by atoms with van der Waals surface area (Å²) in [4.78, 5) is 0. The first-order chi connectivity index (χ1) is 11.5. The average Bonchev–Trinajstić information content (AvgIpc) is 2.41. The third kappa shape index (κ3) is 5.65. The van der Waals surface area contributed by atoms with Crippen molar-refractivity contribution in [3.8, 4) is 0 Å². The molecule has 1 saturated carbocycles. The van der Waals surface area contributed by atoms with Gasteiger partial charge < -0.3 is 14.0 Å². The van der Waals surface area contributed by atoms with Gasteiger partial charge in [-0.15, -0.1) is 0 Å². The van der Waals surface area contributed by atoms with E-state index in [0.29, 0.717) is 0 Å². The topological polar surface area (TPSA) is 38.7 Å². The summed E-state index contributed by atoms with van der Waals surface area (Å²) in [6.45, 7) is 27.2. The molecule has 1 rings (SSSR count). The maximum atomic E-state index is 9.42. The van der Waals surface area contributed by atoms with Crippen LogP contribution in [0.25, 0.3) is 0 Å². The predicted octanol–water partition coefficient (Wildman–Crippen LogP) is 6.04. The van der Waals surface area contributed by atoms with E-state index < -0.39 is 16.6 Å². The Kier molecular flexibility index (Phi) is 7.37. The number of aliphatic hydroxyl groups excluding tert-OH is 1. The summed E-state index contributed by atoms with van der Waals surface area (Å²) in [5.41, 5.74) is 2.31. The average molecular weight is 399 g/mol. The number of hydrogen-bond acceptors (Lipinski definition) is 3. The zero-order valence-electron chi connectivity index (χ0n) is 18.8. The number of rotatable bonds is 5. The highest BCUT2D eigenvalue weighted by molar-refractivity contribution is 6.74. The molecule has 0 radical (unpaired) electrons. The Bertz CT molecular complexity index is 494. The van der Waals surface area contributed by atoms with Gasteiger partial charge in [0, 0.05) is 0 Å². The van der Waals surface area contributed by atoms with E-state index in [1.807, 2.05) is 6.08 Å². The van der Waals surface area contributed by atoms with Crippen LogP contribution < -0.4 is 0 Å². The van der Waals surface area contributed by atoms with Gasteiger partial charge in [0.25, 0.3) is 0 Å². The monoisotopic (exact) mass is 398 g/mol. The number of hydrogen-bond donors (Lipinski definition) is 1. The molecule has 1 aliphatic carbocycles. The lowest BCUT2D eigenvalue weighted by atomic mass is 9.86. The minimum absolute atomic E-state index is 0.0165. The second kappa shape index (κ2) is 8.04. The van der Waals surface area contributed by atoms with Crippen molar-refractivity contribution in [2.45, 2.75) is 103 Å². The van der Waals surface area contributed by atoms with E-state index in [1.165, 1.54) is 5.57 Å². The molecule has 1 aliphatic rings. The van der Waals surface area contributed by atoms with Crippen LogP contribution in [0.2, 0.25) is 36.3 Å². The van der Waals surface area contributed by atoms with E-state index in [4.69, 9.17) is 8.85 Å². The van der Waals surface area contributed by atoms with Gasteiger partial charge >= 0.3 is 0 Å². The molecule has 0 spiro atoms. The van der Waals surface area contributed by atoms with Gasteiger partial charge in [-0.25, -0.2) is 0 Å². The van der Waals surface area contributed by atoms with E-state index >= 15 is 0 Å². The molecule has 1 fully saturated rings. The molecule has 2 atom stereocenters. The highest BCUT2D eigenvalue weighted by Crippen LogP contribution is 2.44. The molecule has 26 heavy (non-hydrogen) atoms. The molecule has 0 aromatic heterocycles. The molecule has 0 heterocycles. The second-order valence-corrected chi connectivity index (χ2v) is 20.3. The lowest BCUT2D eigenvalue weighted by molar-refractivity contribution is 0.131. The molecule has 1 N–H and O–H groups in total. The Morgan fingerprint density at radius 1 is 0.923 bits per heavy atom. The third-order valence-corrected chi connectivity index (χ3v) is 15.6. The lowest BCUT2D eigenvalue weighted by Crippen LogP contribution is -2.49. The summed E-state index contributed by atoms with van der Waals surface area (Å²) in [5, 5.41) is 9.73. The Labute approximate surface area is 164 Å². The molecule has 0 aliphatic heterocycles. The first-order valence-electron chi connectivity index (χ1n) is 9.85. The highest BCUT2D eigenvalue weighted by atomic mass is 28.4. The minimum Gasteiger partial charge on any atom is -0.410 e. The van der Waals surface area contributed by atoms with Crippen molar-refractivity contribution in [2.75, 3.05) is 6.61 Å². The first-order valence-corrected chi connectivity index (χ1v) is 15.7. The summed E-state index contributed by atoms with van der Waals surface area (Å²) in [7, 11) is -3.81. The second-order valence-electron chi connectivity index (χ2n) is 10.8. The van der Waals surface area contributed by atoms with Gasteiger partial charge in [-0.2, -0.15) is 0 Å². The molecule has 0 bridgehead atoms. The van der Waals surface area contributed by atoms with Crippen LogP contribution in [0.4, 0.5) is 0 Å². The fourth-order valence-corrected chi connectivity index (χ4v) is 5.22. The van der Waals surface area contributed by atoms with Gasteiger partial charge in [-0.1, -0.05) is 59.8 Å². The molecule has 0 unspecified atom stereocenters. The zero-order chi connectivity index (χ0) is 20.6. The van der Waals surface area contributed by atoms with Gasteiger partial charge in [0.15, 0.2) is 16.6 Å². The Balaban J connectivity index is 3.10. The van der Waals surface area contributed by atoms with E-state index in [-0.39, 0.29) is 28.9 Å². The van der Waals surface area contributed by atoms with Crippen molar-refractivity contribution in [1.82, 2.24) is 0 Å². The van der Waals surface area contributed by atoms with Crippen LogP contribution in [0.1, 0.15) is 54.4 Å². The van der Waals surface area contributed by atoms with Gasteiger partial charge in [-0.05, 0) is 54.7 Å². The van der Waals surface area contributed by atoms with Crippen LogP contribution in [-0.4, -0.2) is 40.6 Å². The van der Waals surface area contributed by atoms with Crippen molar-refractivity contribution in [3.05, 3.63) is 23.8 Å². The van der Waals surface area contributed by atoms with Crippen LogP contribution in [0.15, 0.2) is 23.8 Å². The van der Waals surface area contributed by atoms with Gasteiger partial charge in [0.1, 0.15) is 0 Å². The Hall–Kier alpha value is -0.206. The molecule has 3 nitrogen and oxygen atoms in total. The van der Waals surface area contributed by atoms with Crippen molar-refractivity contribution in [1.29, 1.82) is 0 Å². The fourth-order valence-electron chi connectivity index (χ4n) is 2.62. The fraction of sp³-hybridized carbons (Fsp3) is 0.810. The smallest absolute Gasteiger partial charge is 0.192 e. The highest BCUT2D eigenvalue weighted by Gasteiger charge is 2.44. The summed E-state index contributed by atoms with van der Waals surface area (Å²) < 4.78 is 13.4. The van der Waals surface area contributed by atoms with Crippen LogP contribution in [-0.2, 0) is 8.85 Å². The van der Waals surface area contributed by atoms with Gasteiger partial charge in [0.2, 0.25) is 0 Å². The molecule has 5 heteroatoms. The lowest BCUT2D eigenvalue weighted by Gasteiger charge is -2.46. The largest absolute Gasteiger partial charge is 0.410 e. The molecule has 152 valence electrons. The quantitative estimate of drug-likeness (QED) is 0.453. The predicted molar refractivity (Wildman–Crippen MR) is 118 cm³/mol.